The highest BCUT2D eigenvalue weighted by atomic mass is 35.5. The minimum atomic E-state index is 0. The van der Waals surface area contributed by atoms with E-state index in [-0.39, 0.29) is 12.4 Å². The number of nitrogens with one attached hydrogen (secondary N) is 1. The molecule has 1 aliphatic rings. The molecule has 4 heteroatoms. The van der Waals surface area contributed by atoms with Gasteiger partial charge in [0.1, 0.15) is 11.5 Å². The maximum absolute atomic E-state index is 5.74. The van der Waals surface area contributed by atoms with Crippen molar-refractivity contribution in [3.63, 3.8) is 0 Å². The molecule has 0 saturated carbocycles. The van der Waals surface area contributed by atoms with Crippen LogP contribution in [0.3, 0.4) is 0 Å². The van der Waals surface area contributed by atoms with E-state index in [0.717, 1.165) is 37.0 Å². The molecule has 0 amide bonds. The Hall–Kier alpha value is -0.930. The molecule has 0 aromatic heterocycles. The molecule has 1 aliphatic heterocycles. The summed E-state index contributed by atoms with van der Waals surface area (Å²) >= 11 is 0. The van der Waals surface area contributed by atoms with E-state index in [2.05, 4.69) is 5.32 Å². The Morgan fingerprint density at radius 3 is 2.89 bits per heavy atom. The van der Waals surface area contributed by atoms with E-state index in [1.165, 1.54) is 19.4 Å². The predicted molar refractivity (Wildman–Crippen MR) is 75.9 cm³/mol. The maximum atomic E-state index is 5.74. The minimum absolute atomic E-state index is 0. The lowest BCUT2D eigenvalue weighted by Crippen LogP contribution is -2.30. The second kappa shape index (κ2) is 8.22. The molecule has 1 heterocycles. The summed E-state index contributed by atoms with van der Waals surface area (Å²) in [5.41, 5.74) is 0. The van der Waals surface area contributed by atoms with E-state index >= 15 is 0 Å². The van der Waals surface area contributed by atoms with Gasteiger partial charge in [0.2, 0.25) is 0 Å². The molecule has 1 unspecified atom stereocenters. The molecule has 18 heavy (non-hydrogen) atoms. The van der Waals surface area contributed by atoms with Gasteiger partial charge in [-0.25, -0.2) is 0 Å². The second-order valence-corrected chi connectivity index (χ2v) is 4.53. The van der Waals surface area contributed by atoms with Crippen LogP contribution in [0.15, 0.2) is 24.3 Å². The topological polar surface area (TPSA) is 30.5 Å². The summed E-state index contributed by atoms with van der Waals surface area (Å²) in [5.74, 6) is 2.52. The largest absolute Gasteiger partial charge is 0.497 e. The van der Waals surface area contributed by atoms with Crippen molar-refractivity contribution in [1.82, 2.24) is 5.32 Å². The van der Waals surface area contributed by atoms with Gasteiger partial charge in [-0.05, 0) is 50.4 Å². The SMILES string of the molecule is COc1cccc(OCCC2CCCNC2)c1.Cl. The maximum Gasteiger partial charge on any atom is 0.122 e. The molecule has 0 spiro atoms. The van der Waals surface area contributed by atoms with Gasteiger partial charge in [-0.15, -0.1) is 12.4 Å². The smallest absolute Gasteiger partial charge is 0.122 e. The van der Waals surface area contributed by atoms with E-state index in [0.29, 0.717) is 0 Å². The first kappa shape index (κ1) is 15.1. The summed E-state index contributed by atoms with van der Waals surface area (Å²) in [5, 5.41) is 3.43. The Labute approximate surface area is 115 Å². The highest BCUT2D eigenvalue weighted by molar-refractivity contribution is 5.85. The molecular formula is C14H22ClNO2. The normalized spacial score (nSPS) is 18.8. The van der Waals surface area contributed by atoms with Crippen LogP contribution in [-0.4, -0.2) is 26.8 Å². The fraction of sp³-hybridized carbons (Fsp3) is 0.571. The summed E-state index contributed by atoms with van der Waals surface area (Å²) in [6, 6.07) is 7.79. The van der Waals surface area contributed by atoms with E-state index in [9.17, 15) is 0 Å². The molecule has 3 nitrogen and oxygen atoms in total. The molecular weight excluding hydrogens is 250 g/mol. The number of rotatable bonds is 5. The molecule has 1 saturated heterocycles. The molecule has 102 valence electrons. The molecule has 2 rings (SSSR count). The van der Waals surface area contributed by atoms with Crippen LogP contribution in [-0.2, 0) is 0 Å². The van der Waals surface area contributed by atoms with Crippen LogP contribution in [0.25, 0.3) is 0 Å². The van der Waals surface area contributed by atoms with Gasteiger partial charge in [-0.3, -0.25) is 0 Å². The highest BCUT2D eigenvalue weighted by Gasteiger charge is 2.12. The van der Waals surface area contributed by atoms with Crippen molar-refractivity contribution in [2.45, 2.75) is 19.3 Å². The third kappa shape index (κ3) is 4.75. The Kier molecular flexibility index (Phi) is 6.91. The van der Waals surface area contributed by atoms with Crippen molar-refractivity contribution < 1.29 is 9.47 Å². The number of halogens is 1. The number of piperidine rings is 1. The molecule has 1 atom stereocenters. The molecule has 1 aromatic rings. The van der Waals surface area contributed by atoms with Crippen LogP contribution < -0.4 is 14.8 Å². The van der Waals surface area contributed by atoms with Crippen LogP contribution in [0.2, 0.25) is 0 Å². The summed E-state index contributed by atoms with van der Waals surface area (Å²) < 4.78 is 10.9. The zero-order chi connectivity index (χ0) is 11.9. The van der Waals surface area contributed by atoms with Crippen LogP contribution in [0.1, 0.15) is 19.3 Å². The molecule has 1 fully saturated rings. The van der Waals surface area contributed by atoms with Gasteiger partial charge in [0.15, 0.2) is 0 Å². The van der Waals surface area contributed by atoms with Gasteiger partial charge in [0.25, 0.3) is 0 Å². The molecule has 1 aromatic carbocycles. The lowest BCUT2D eigenvalue weighted by Gasteiger charge is -2.22. The van der Waals surface area contributed by atoms with E-state index < -0.39 is 0 Å². The number of benzene rings is 1. The summed E-state index contributed by atoms with van der Waals surface area (Å²) in [6.07, 6.45) is 3.75. The van der Waals surface area contributed by atoms with Crippen molar-refractivity contribution in [3.8, 4) is 11.5 Å². The Morgan fingerprint density at radius 2 is 2.17 bits per heavy atom. The first-order valence-corrected chi connectivity index (χ1v) is 6.36. The molecule has 0 aliphatic carbocycles. The van der Waals surface area contributed by atoms with Crippen LogP contribution >= 0.6 is 12.4 Å². The first-order valence-electron chi connectivity index (χ1n) is 6.36. The fourth-order valence-electron chi connectivity index (χ4n) is 2.20. The van der Waals surface area contributed by atoms with Crippen molar-refractivity contribution >= 4 is 12.4 Å². The van der Waals surface area contributed by atoms with E-state index in [4.69, 9.17) is 9.47 Å². The quantitative estimate of drug-likeness (QED) is 0.893. The molecule has 0 bridgehead atoms. The monoisotopic (exact) mass is 271 g/mol. The molecule has 1 N–H and O–H groups in total. The van der Waals surface area contributed by atoms with Crippen LogP contribution in [0, 0.1) is 5.92 Å². The van der Waals surface area contributed by atoms with Gasteiger partial charge in [-0.1, -0.05) is 6.07 Å². The van der Waals surface area contributed by atoms with Crippen molar-refractivity contribution in [3.05, 3.63) is 24.3 Å². The summed E-state index contributed by atoms with van der Waals surface area (Å²) in [6.45, 7) is 3.11. The zero-order valence-corrected chi connectivity index (χ0v) is 11.7. The van der Waals surface area contributed by atoms with Crippen molar-refractivity contribution in [1.29, 1.82) is 0 Å². The third-order valence-electron chi connectivity index (χ3n) is 3.23. The van der Waals surface area contributed by atoms with Gasteiger partial charge >= 0.3 is 0 Å². The Balaban J connectivity index is 0.00000162. The zero-order valence-electron chi connectivity index (χ0n) is 10.9. The number of methoxy groups -OCH3 is 1. The number of hydrogen-bond acceptors (Lipinski definition) is 3. The lowest BCUT2D eigenvalue weighted by molar-refractivity contribution is 0.253. The van der Waals surface area contributed by atoms with E-state index in [1.54, 1.807) is 7.11 Å². The summed E-state index contributed by atoms with van der Waals surface area (Å²) in [7, 11) is 1.67. The molecule has 0 radical (unpaired) electrons. The minimum Gasteiger partial charge on any atom is -0.497 e. The first-order chi connectivity index (χ1) is 8.38. The van der Waals surface area contributed by atoms with Crippen LogP contribution in [0.4, 0.5) is 0 Å². The van der Waals surface area contributed by atoms with Gasteiger partial charge in [0, 0.05) is 6.07 Å². The average molecular weight is 272 g/mol. The standard InChI is InChI=1S/C14H21NO2.ClH/c1-16-13-5-2-6-14(10-13)17-9-7-12-4-3-8-15-11-12;/h2,5-6,10,12,15H,3-4,7-9,11H2,1H3;1H. The highest BCUT2D eigenvalue weighted by Crippen LogP contribution is 2.20. The second-order valence-electron chi connectivity index (χ2n) is 4.53. The van der Waals surface area contributed by atoms with Gasteiger partial charge < -0.3 is 14.8 Å². The Morgan fingerprint density at radius 1 is 1.33 bits per heavy atom. The lowest BCUT2D eigenvalue weighted by atomic mass is 9.97. The third-order valence-corrected chi connectivity index (χ3v) is 3.23. The van der Waals surface area contributed by atoms with Crippen LogP contribution in [0.5, 0.6) is 11.5 Å². The summed E-state index contributed by atoms with van der Waals surface area (Å²) in [4.78, 5) is 0. The Bertz CT molecular complexity index is 340. The van der Waals surface area contributed by atoms with Gasteiger partial charge in [0.05, 0.1) is 13.7 Å². The fourth-order valence-corrected chi connectivity index (χ4v) is 2.20. The average Bonchev–Trinajstić information content (AvgIpc) is 2.40. The van der Waals surface area contributed by atoms with Gasteiger partial charge in [-0.2, -0.15) is 0 Å². The number of ether oxygens (including phenoxy) is 2. The van der Waals surface area contributed by atoms with Crippen molar-refractivity contribution in [2.75, 3.05) is 26.8 Å². The van der Waals surface area contributed by atoms with E-state index in [1.807, 2.05) is 24.3 Å². The van der Waals surface area contributed by atoms with Crippen molar-refractivity contribution in [2.24, 2.45) is 5.92 Å². The predicted octanol–water partition coefficient (Wildman–Crippen LogP) is 2.89. The number of hydrogen-bond donors (Lipinski definition) is 1.